The van der Waals surface area contributed by atoms with E-state index in [1.807, 2.05) is 0 Å². The summed E-state index contributed by atoms with van der Waals surface area (Å²) in [6.45, 7) is 4.42. The Balaban J connectivity index is 1.49. The molecule has 4 saturated carbocycles. The fraction of sp³-hybridized carbons (Fsp3) is 0.952. The third-order valence-electron chi connectivity index (χ3n) is 6.83. The normalized spacial score (nSPS) is 36.2. The fourth-order valence-electron chi connectivity index (χ4n) is 5.96. The Morgan fingerprint density at radius 3 is 2.04 bits per heavy atom. The molecule has 1 atom stereocenters. The summed E-state index contributed by atoms with van der Waals surface area (Å²) >= 11 is 0. The van der Waals surface area contributed by atoms with Crippen LogP contribution < -0.4 is 0 Å². The molecule has 23 heavy (non-hydrogen) atoms. The number of hydrogen-bond acceptors (Lipinski definition) is 2. The molecular formula is C21H36O2. The maximum absolute atomic E-state index is 13.0. The van der Waals surface area contributed by atoms with Crippen LogP contribution in [-0.4, -0.2) is 12.1 Å². The maximum Gasteiger partial charge on any atom is 0.312 e. The molecule has 0 aliphatic heterocycles. The Hall–Kier alpha value is -0.530. The van der Waals surface area contributed by atoms with Gasteiger partial charge in [0.1, 0.15) is 6.10 Å². The van der Waals surface area contributed by atoms with Gasteiger partial charge in [0.2, 0.25) is 0 Å². The molecular weight excluding hydrogens is 284 g/mol. The molecule has 0 heterocycles. The van der Waals surface area contributed by atoms with Crippen molar-refractivity contribution in [2.75, 3.05) is 0 Å². The molecule has 0 radical (unpaired) electrons. The average Bonchev–Trinajstić information content (AvgIpc) is 2.52. The van der Waals surface area contributed by atoms with Gasteiger partial charge < -0.3 is 4.74 Å². The van der Waals surface area contributed by atoms with Crippen LogP contribution >= 0.6 is 0 Å². The molecule has 0 aromatic heterocycles. The molecule has 0 spiro atoms. The Morgan fingerprint density at radius 1 is 0.957 bits per heavy atom. The molecule has 4 fully saturated rings. The minimum atomic E-state index is -0.0790. The zero-order chi connectivity index (χ0) is 16.3. The van der Waals surface area contributed by atoms with Crippen molar-refractivity contribution < 1.29 is 9.53 Å². The molecule has 4 bridgehead atoms. The lowest BCUT2D eigenvalue weighted by Gasteiger charge is -2.55. The second-order valence-corrected chi connectivity index (χ2v) is 8.84. The van der Waals surface area contributed by atoms with Crippen LogP contribution in [-0.2, 0) is 9.53 Å². The van der Waals surface area contributed by atoms with Crippen molar-refractivity contribution in [1.29, 1.82) is 0 Å². The molecule has 4 aliphatic rings. The number of esters is 1. The predicted octanol–water partition coefficient (Wildman–Crippen LogP) is 5.89. The summed E-state index contributed by atoms with van der Waals surface area (Å²) in [6, 6.07) is 0. The van der Waals surface area contributed by atoms with E-state index in [0.717, 1.165) is 49.9 Å². The smallest absolute Gasteiger partial charge is 0.312 e. The highest BCUT2D eigenvalue weighted by Gasteiger charge is 2.55. The quantitative estimate of drug-likeness (QED) is 0.391. The number of rotatable bonds is 9. The third kappa shape index (κ3) is 3.94. The molecule has 0 aromatic carbocycles. The van der Waals surface area contributed by atoms with E-state index in [2.05, 4.69) is 13.8 Å². The van der Waals surface area contributed by atoms with Crippen molar-refractivity contribution >= 4 is 5.97 Å². The second kappa shape index (κ2) is 7.57. The van der Waals surface area contributed by atoms with E-state index in [9.17, 15) is 4.79 Å². The highest BCUT2D eigenvalue weighted by molar-refractivity contribution is 5.77. The number of unbranched alkanes of at least 4 members (excludes halogenated alkanes) is 4. The summed E-state index contributed by atoms with van der Waals surface area (Å²) in [5.74, 6) is 2.64. The van der Waals surface area contributed by atoms with Crippen molar-refractivity contribution in [2.45, 2.75) is 103 Å². The molecule has 0 aromatic rings. The van der Waals surface area contributed by atoms with Gasteiger partial charge in [-0.15, -0.1) is 0 Å². The van der Waals surface area contributed by atoms with Crippen LogP contribution in [0.15, 0.2) is 0 Å². The summed E-state index contributed by atoms with van der Waals surface area (Å²) in [6.07, 6.45) is 16.2. The van der Waals surface area contributed by atoms with Crippen molar-refractivity contribution in [3.8, 4) is 0 Å². The van der Waals surface area contributed by atoms with Crippen molar-refractivity contribution in [3.63, 3.8) is 0 Å². The zero-order valence-corrected chi connectivity index (χ0v) is 15.3. The van der Waals surface area contributed by atoms with Crippen LogP contribution in [0, 0.1) is 23.2 Å². The van der Waals surface area contributed by atoms with Gasteiger partial charge in [-0.05, 0) is 75.5 Å². The first-order valence-electron chi connectivity index (χ1n) is 10.4. The Kier molecular flexibility index (Phi) is 5.69. The highest BCUT2D eigenvalue weighted by atomic mass is 16.5. The zero-order valence-electron chi connectivity index (χ0n) is 15.3. The van der Waals surface area contributed by atoms with E-state index in [1.54, 1.807) is 0 Å². The third-order valence-corrected chi connectivity index (χ3v) is 6.83. The number of carbonyl (C=O) groups is 1. The van der Waals surface area contributed by atoms with Crippen LogP contribution in [0.3, 0.4) is 0 Å². The molecule has 132 valence electrons. The van der Waals surface area contributed by atoms with Gasteiger partial charge in [-0.3, -0.25) is 4.79 Å². The minimum Gasteiger partial charge on any atom is -0.462 e. The number of ether oxygens (including phenoxy) is 1. The summed E-state index contributed by atoms with van der Waals surface area (Å²) in [5.41, 5.74) is -0.0790. The second-order valence-electron chi connectivity index (χ2n) is 8.84. The molecule has 4 aliphatic carbocycles. The van der Waals surface area contributed by atoms with E-state index in [1.165, 1.54) is 51.4 Å². The first-order valence-corrected chi connectivity index (χ1v) is 10.4. The molecule has 2 heteroatoms. The molecule has 1 unspecified atom stereocenters. The summed E-state index contributed by atoms with van der Waals surface area (Å²) < 4.78 is 6.05. The first-order chi connectivity index (χ1) is 11.1. The van der Waals surface area contributed by atoms with Crippen LogP contribution in [0.25, 0.3) is 0 Å². The first kappa shape index (κ1) is 17.3. The highest BCUT2D eigenvalue weighted by Crippen LogP contribution is 2.60. The molecule has 0 N–H and O–H groups in total. The predicted molar refractivity (Wildman–Crippen MR) is 94.2 cm³/mol. The van der Waals surface area contributed by atoms with E-state index < -0.39 is 0 Å². The fourth-order valence-corrected chi connectivity index (χ4v) is 5.96. The van der Waals surface area contributed by atoms with Crippen molar-refractivity contribution in [3.05, 3.63) is 0 Å². The van der Waals surface area contributed by atoms with Gasteiger partial charge in [-0.1, -0.05) is 39.5 Å². The SMILES string of the molecule is CCCCCCCC(CC)OC(=O)C12CC3CC(CC(C3)C1)C2. The number of hydrogen-bond donors (Lipinski definition) is 0. The minimum absolute atomic E-state index is 0.0790. The lowest BCUT2D eigenvalue weighted by atomic mass is 9.49. The monoisotopic (exact) mass is 320 g/mol. The van der Waals surface area contributed by atoms with Gasteiger partial charge in [-0.2, -0.15) is 0 Å². The standard InChI is InChI=1S/C21H36O2/c1-3-5-6-7-8-9-19(4-2)23-20(22)21-13-16-10-17(14-21)12-18(11-16)15-21/h16-19H,3-15H2,1-2H3. The lowest BCUT2D eigenvalue weighted by molar-refractivity contribution is -0.177. The molecule has 4 rings (SSSR count). The van der Waals surface area contributed by atoms with Crippen molar-refractivity contribution in [2.24, 2.45) is 23.2 Å². The topological polar surface area (TPSA) is 26.3 Å². The Labute approximate surface area is 142 Å². The summed E-state index contributed by atoms with van der Waals surface area (Å²) in [5, 5.41) is 0. The van der Waals surface area contributed by atoms with Gasteiger partial charge in [0.15, 0.2) is 0 Å². The van der Waals surface area contributed by atoms with Crippen LogP contribution in [0.4, 0.5) is 0 Å². The summed E-state index contributed by atoms with van der Waals surface area (Å²) in [7, 11) is 0. The Morgan fingerprint density at radius 2 is 1.52 bits per heavy atom. The van der Waals surface area contributed by atoms with E-state index in [4.69, 9.17) is 4.74 Å². The summed E-state index contributed by atoms with van der Waals surface area (Å²) in [4.78, 5) is 13.0. The van der Waals surface area contributed by atoms with E-state index >= 15 is 0 Å². The molecule has 0 saturated heterocycles. The number of carbonyl (C=O) groups excluding carboxylic acids is 1. The average molecular weight is 321 g/mol. The van der Waals surface area contributed by atoms with Crippen LogP contribution in [0.1, 0.15) is 97.3 Å². The van der Waals surface area contributed by atoms with Gasteiger partial charge in [0.25, 0.3) is 0 Å². The largest absolute Gasteiger partial charge is 0.462 e. The van der Waals surface area contributed by atoms with Gasteiger partial charge in [0, 0.05) is 0 Å². The lowest BCUT2D eigenvalue weighted by Crippen LogP contribution is -2.51. The maximum atomic E-state index is 13.0. The van der Waals surface area contributed by atoms with Gasteiger partial charge in [-0.25, -0.2) is 0 Å². The molecule has 2 nitrogen and oxygen atoms in total. The van der Waals surface area contributed by atoms with Crippen LogP contribution in [0.5, 0.6) is 0 Å². The van der Waals surface area contributed by atoms with Gasteiger partial charge >= 0.3 is 5.97 Å². The van der Waals surface area contributed by atoms with Gasteiger partial charge in [0.05, 0.1) is 5.41 Å². The Bertz CT molecular complexity index is 365. The van der Waals surface area contributed by atoms with E-state index in [-0.39, 0.29) is 17.5 Å². The molecule has 0 amide bonds. The van der Waals surface area contributed by atoms with Crippen molar-refractivity contribution in [1.82, 2.24) is 0 Å². The van der Waals surface area contributed by atoms with E-state index in [0.29, 0.717) is 0 Å². The van der Waals surface area contributed by atoms with Crippen LogP contribution in [0.2, 0.25) is 0 Å².